The highest BCUT2D eigenvalue weighted by Crippen LogP contribution is 2.18. The molecule has 5 nitrogen and oxygen atoms in total. The molecule has 0 amide bonds. The number of nitrogens with two attached hydrogens (primary N) is 1. The van der Waals surface area contributed by atoms with E-state index in [1.807, 2.05) is 12.1 Å². The van der Waals surface area contributed by atoms with E-state index in [0.717, 1.165) is 18.5 Å². The van der Waals surface area contributed by atoms with Crippen LogP contribution >= 0.6 is 24.0 Å². The fourth-order valence-corrected chi connectivity index (χ4v) is 1.85. The van der Waals surface area contributed by atoms with Crippen molar-refractivity contribution in [3.8, 4) is 0 Å². The summed E-state index contributed by atoms with van der Waals surface area (Å²) in [4.78, 5) is 15.2. The number of benzene rings is 1. The van der Waals surface area contributed by atoms with Crippen molar-refractivity contribution in [2.24, 2.45) is 10.7 Å². The molecule has 0 spiro atoms. The number of esters is 1. The number of aliphatic imine (C=N–C) groups is 1. The summed E-state index contributed by atoms with van der Waals surface area (Å²) in [5.74, 6) is 0.688. The Balaban J connectivity index is 0.00000441. The van der Waals surface area contributed by atoms with E-state index < -0.39 is 0 Å². The number of rotatable bonds is 7. The van der Waals surface area contributed by atoms with Gasteiger partial charge in [-0.2, -0.15) is 0 Å². The number of guanidine groups is 1. The smallest absolute Gasteiger partial charge is 0.305 e. The highest BCUT2D eigenvalue weighted by molar-refractivity contribution is 14.0. The zero-order valence-corrected chi connectivity index (χ0v) is 15.8. The highest BCUT2D eigenvalue weighted by Gasteiger charge is 2.01. The van der Waals surface area contributed by atoms with Gasteiger partial charge in [0.15, 0.2) is 5.96 Å². The van der Waals surface area contributed by atoms with E-state index in [-0.39, 0.29) is 29.9 Å². The van der Waals surface area contributed by atoms with Crippen LogP contribution in [-0.2, 0) is 9.53 Å². The first kappa shape index (κ1) is 20.7. The summed E-state index contributed by atoms with van der Waals surface area (Å²) in [6.07, 6.45) is 1.99. The van der Waals surface area contributed by atoms with Crippen LogP contribution in [0.4, 0.5) is 5.69 Å². The van der Waals surface area contributed by atoms with Gasteiger partial charge in [-0.05, 0) is 36.5 Å². The zero-order chi connectivity index (χ0) is 15.7. The summed E-state index contributed by atoms with van der Waals surface area (Å²) < 4.78 is 4.58. The topological polar surface area (TPSA) is 76.7 Å². The van der Waals surface area contributed by atoms with Crippen LogP contribution in [0.2, 0.25) is 0 Å². The molecule has 6 heteroatoms. The summed E-state index contributed by atoms with van der Waals surface area (Å²) in [7, 11) is 1.40. The van der Waals surface area contributed by atoms with Crippen molar-refractivity contribution >= 4 is 41.6 Å². The Morgan fingerprint density at radius 1 is 1.36 bits per heavy atom. The van der Waals surface area contributed by atoms with Crippen molar-refractivity contribution in [3.63, 3.8) is 0 Å². The third kappa shape index (κ3) is 8.21. The molecule has 3 N–H and O–H groups in total. The van der Waals surface area contributed by atoms with Crippen LogP contribution in [0.25, 0.3) is 0 Å². The molecule has 0 fully saturated rings. The normalized spacial score (nSPS) is 11.0. The molecular weight excluding hydrogens is 393 g/mol. The SMILES string of the molecule is COC(=O)CCCCN=C(N)Nc1cccc(C(C)C)c1.I. The van der Waals surface area contributed by atoms with E-state index in [0.29, 0.717) is 24.8 Å². The fraction of sp³-hybridized carbons (Fsp3) is 0.500. The van der Waals surface area contributed by atoms with E-state index in [4.69, 9.17) is 5.73 Å². The largest absolute Gasteiger partial charge is 0.469 e. The number of unbranched alkanes of at least 4 members (excludes halogenated alkanes) is 1. The van der Waals surface area contributed by atoms with Crippen LogP contribution in [0, 0.1) is 0 Å². The Morgan fingerprint density at radius 2 is 2.09 bits per heavy atom. The number of ether oxygens (including phenoxy) is 1. The first-order valence-electron chi connectivity index (χ1n) is 7.26. The second-order valence-corrected chi connectivity index (χ2v) is 5.21. The number of hydrogen-bond acceptors (Lipinski definition) is 3. The maximum Gasteiger partial charge on any atom is 0.305 e. The molecule has 0 aromatic heterocycles. The molecule has 0 saturated carbocycles. The second-order valence-electron chi connectivity index (χ2n) is 5.21. The van der Waals surface area contributed by atoms with Crippen LogP contribution in [-0.4, -0.2) is 25.6 Å². The number of carbonyl (C=O) groups is 1. The zero-order valence-electron chi connectivity index (χ0n) is 13.5. The van der Waals surface area contributed by atoms with Crippen LogP contribution in [0.3, 0.4) is 0 Å². The molecule has 22 heavy (non-hydrogen) atoms. The number of halogens is 1. The first-order valence-corrected chi connectivity index (χ1v) is 7.26. The maximum absolute atomic E-state index is 10.9. The maximum atomic E-state index is 10.9. The number of anilines is 1. The van der Waals surface area contributed by atoms with E-state index in [9.17, 15) is 4.79 Å². The minimum atomic E-state index is -0.185. The van der Waals surface area contributed by atoms with E-state index in [1.54, 1.807) is 0 Å². The summed E-state index contributed by atoms with van der Waals surface area (Å²) in [5.41, 5.74) is 8.04. The average molecular weight is 419 g/mol. The molecule has 0 atom stereocenters. The number of nitrogens with zero attached hydrogens (tertiary/aromatic N) is 1. The molecule has 0 unspecified atom stereocenters. The lowest BCUT2D eigenvalue weighted by atomic mass is 10.0. The van der Waals surface area contributed by atoms with Gasteiger partial charge in [-0.1, -0.05) is 26.0 Å². The third-order valence-electron chi connectivity index (χ3n) is 3.12. The van der Waals surface area contributed by atoms with Gasteiger partial charge < -0.3 is 15.8 Å². The van der Waals surface area contributed by atoms with Crippen molar-refractivity contribution in [1.82, 2.24) is 0 Å². The van der Waals surface area contributed by atoms with Crippen LogP contribution in [0.15, 0.2) is 29.3 Å². The summed E-state index contributed by atoms with van der Waals surface area (Å²) in [6, 6.07) is 8.13. The number of carbonyl (C=O) groups excluding carboxylic acids is 1. The monoisotopic (exact) mass is 419 g/mol. The van der Waals surface area contributed by atoms with Gasteiger partial charge in [0, 0.05) is 18.7 Å². The molecule has 0 radical (unpaired) electrons. The van der Waals surface area contributed by atoms with Gasteiger partial charge in [0.1, 0.15) is 0 Å². The van der Waals surface area contributed by atoms with Crippen molar-refractivity contribution in [3.05, 3.63) is 29.8 Å². The van der Waals surface area contributed by atoms with Crippen molar-refractivity contribution in [1.29, 1.82) is 0 Å². The van der Waals surface area contributed by atoms with Gasteiger partial charge in [0.25, 0.3) is 0 Å². The lowest BCUT2D eigenvalue weighted by molar-refractivity contribution is -0.140. The summed E-state index contributed by atoms with van der Waals surface area (Å²) in [6.45, 7) is 4.90. The molecule has 0 aliphatic rings. The lowest BCUT2D eigenvalue weighted by Gasteiger charge is -2.09. The molecule has 1 rings (SSSR count). The molecule has 1 aromatic carbocycles. The number of nitrogens with one attached hydrogen (secondary N) is 1. The van der Waals surface area contributed by atoms with Gasteiger partial charge in [0.2, 0.25) is 0 Å². The molecule has 0 aliphatic carbocycles. The van der Waals surface area contributed by atoms with Crippen LogP contribution in [0.1, 0.15) is 44.6 Å². The quantitative estimate of drug-likeness (QED) is 0.233. The van der Waals surface area contributed by atoms with Crippen LogP contribution in [0.5, 0.6) is 0 Å². The Bertz CT molecular complexity index is 490. The predicted octanol–water partition coefficient (Wildman–Crippen LogP) is 3.50. The Labute approximate surface area is 149 Å². The summed E-state index contributed by atoms with van der Waals surface area (Å²) >= 11 is 0. The molecule has 0 heterocycles. The van der Waals surface area contributed by atoms with Gasteiger partial charge in [0.05, 0.1) is 7.11 Å². The van der Waals surface area contributed by atoms with Gasteiger partial charge in [-0.3, -0.25) is 9.79 Å². The Hall–Kier alpha value is -1.31. The second kappa shape index (κ2) is 11.3. The van der Waals surface area contributed by atoms with E-state index >= 15 is 0 Å². The molecular formula is C16H26IN3O2. The highest BCUT2D eigenvalue weighted by atomic mass is 127. The molecule has 0 saturated heterocycles. The van der Waals surface area contributed by atoms with Gasteiger partial charge in [-0.25, -0.2) is 0 Å². The predicted molar refractivity (Wildman–Crippen MR) is 102 cm³/mol. The van der Waals surface area contributed by atoms with Crippen molar-refractivity contribution in [2.75, 3.05) is 19.0 Å². The lowest BCUT2D eigenvalue weighted by Crippen LogP contribution is -2.23. The minimum absolute atomic E-state index is 0. The Morgan fingerprint density at radius 3 is 2.73 bits per heavy atom. The summed E-state index contributed by atoms with van der Waals surface area (Å²) in [5, 5.41) is 3.08. The molecule has 0 bridgehead atoms. The minimum Gasteiger partial charge on any atom is -0.469 e. The molecule has 124 valence electrons. The van der Waals surface area contributed by atoms with E-state index in [1.165, 1.54) is 12.7 Å². The first-order chi connectivity index (χ1) is 10.0. The van der Waals surface area contributed by atoms with Crippen molar-refractivity contribution in [2.45, 2.75) is 39.0 Å². The fourth-order valence-electron chi connectivity index (χ4n) is 1.85. The third-order valence-corrected chi connectivity index (χ3v) is 3.12. The van der Waals surface area contributed by atoms with Crippen LogP contribution < -0.4 is 11.1 Å². The van der Waals surface area contributed by atoms with Gasteiger partial charge in [-0.15, -0.1) is 24.0 Å². The average Bonchev–Trinajstić information content (AvgIpc) is 2.46. The van der Waals surface area contributed by atoms with Gasteiger partial charge >= 0.3 is 5.97 Å². The Kier molecular flexibility index (Phi) is 10.6. The standard InChI is InChI=1S/C16H25N3O2.HI/c1-12(2)13-7-6-8-14(11-13)19-16(17)18-10-5-4-9-15(20)21-3;/h6-8,11-12H,4-5,9-10H2,1-3H3,(H3,17,18,19);1H. The molecule has 1 aromatic rings. The number of methoxy groups -OCH3 is 1. The van der Waals surface area contributed by atoms with E-state index in [2.05, 4.69) is 41.0 Å². The molecule has 0 aliphatic heterocycles. The van der Waals surface area contributed by atoms with Crippen molar-refractivity contribution < 1.29 is 9.53 Å². The number of hydrogen-bond donors (Lipinski definition) is 2.